The molecule has 146 valence electrons. The molecule has 1 saturated carbocycles. The van der Waals surface area contributed by atoms with Gasteiger partial charge in [-0.25, -0.2) is 13.1 Å². The number of rotatable bonds is 6. The lowest BCUT2D eigenvalue weighted by Crippen LogP contribution is -2.42. The zero-order valence-corrected chi connectivity index (χ0v) is 16.6. The van der Waals surface area contributed by atoms with Crippen molar-refractivity contribution in [1.82, 2.24) is 9.71 Å². The van der Waals surface area contributed by atoms with Crippen molar-refractivity contribution in [3.63, 3.8) is 0 Å². The Morgan fingerprint density at radius 3 is 2.67 bits per heavy atom. The minimum Gasteiger partial charge on any atom is -0.326 e. The molecular formula is C20H27N3O3S. The van der Waals surface area contributed by atoms with Crippen LogP contribution in [-0.2, 0) is 14.8 Å². The van der Waals surface area contributed by atoms with Gasteiger partial charge in [-0.15, -0.1) is 0 Å². The van der Waals surface area contributed by atoms with Crippen molar-refractivity contribution in [2.45, 2.75) is 57.2 Å². The smallest absolute Gasteiger partial charge is 0.227 e. The molecular weight excluding hydrogens is 362 g/mol. The van der Waals surface area contributed by atoms with Crippen LogP contribution in [0.2, 0.25) is 0 Å². The Balaban J connectivity index is 1.55. The molecule has 1 atom stereocenters. The topological polar surface area (TPSA) is 88.2 Å². The van der Waals surface area contributed by atoms with Gasteiger partial charge in [0.1, 0.15) is 0 Å². The van der Waals surface area contributed by atoms with Crippen LogP contribution >= 0.6 is 0 Å². The molecule has 27 heavy (non-hydrogen) atoms. The maximum atomic E-state index is 12.6. The highest BCUT2D eigenvalue weighted by Crippen LogP contribution is 2.27. The summed E-state index contributed by atoms with van der Waals surface area (Å²) in [6.45, 7) is 3.59. The summed E-state index contributed by atoms with van der Waals surface area (Å²) in [7, 11) is -3.27. The minimum absolute atomic E-state index is 0.00136. The second-order valence-corrected chi connectivity index (χ2v) is 9.46. The molecule has 1 aromatic carbocycles. The predicted molar refractivity (Wildman–Crippen MR) is 108 cm³/mol. The lowest BCUT2D eigenvalue weighted by atomic mass is 9.86. The van der Waals surface area contributed by atoms with Gasteiger partial charge in [-0.1, -0.05) is 13.0 Å². The summed E-state index contributed by atoms with van der Waals surface area (Å²) in [4.78, 5) is 16.9. The standard InChI is InChI=1S/C20H27N3O3S/c1-3-14(2)27(25,26)23-17-8-6-15(7-9-17)20(24)22-18-10-11-19-16(13-18)5-4-12-21-19/h4-5,10-15,17,23H,3,6-9H2,1-2H3,(H,22,24). The van der Waals surface area contributed by atoms with Crippen LogP contribution in [0, 0.1) is 5.92 Å². The van der Waals surface area contributed by atoms with E-state index < -0.39 is 10.0 Å². The van der Waals surface area contributed by atoms with E-state index in [1.165, 1.54) is 0 Å². The maximum Gasteiger partial charge on any atom is 0.227 e. The van der Waals surface area contributed by atoms with Crippen LogP contribution in [0.1, 0.15) is 46.0 Å². The summed E-state index contributed by atoms with van der Waals surface area (Å²) < 4.78 is 27.2. The first kappa shape index (κ1) is 19.8. The first-order valence-corrected chi connectivity index (χ1v) is 11.1. The Morgan fingerprint density at radius 1 is 1.22 bits per heavy atom. The van der Waals surface area contributed by atoms with Crippen molar-refractivity contribution in [3.8, 4) is 0 Å². The minimum atomic E-state index is -3.27. The lowest BCUT2D eigenvalue weighted by molar-refractivity contribution is -0.120. The molecule has 1 unspecified atom stereocenters. The zero-order chi connectivity index (χ0) is 19.4. The molecule has 0 aliphatic heterocycles. The summed E-state index contributed by atoms with van der Waals surface area (Å²) in [6, 6.07) is 9.44. The Bertz CT molecular complexity index is 906. The highest BCUT2D eigenvalue weighted by Gasteiger charge is 2.30. The third-order valence-electron chi connectivity index (χ3n) is 5.40. The van der Waals surface area contributed by atoms with E-state index in [2.05, 4.69) is 15.0 Å². The van der Waals surface area contributed by atoms with Crippen molar-refractivity contribution in [1.29, 1.82) is 0 Å². The van der Waals surface area contributed by atoms with E-state index in [4.69, 9.17) is 0 Å². The largest absolute Gasteiger partial charge is 0.326 e. The van der Waals surface area contributed by atoms with Crippen LogP contribution in [0.15, 0.2) is 36.5 Å². The summed E-state index contributed by atoms with van der Waals surface area (Å²) in [6.07, 6.45) is 5.09. The molecule has 1 amide bonds. The van der Waals surface area contributed by atoms with E-state index in [9.17, 15) is 13.2 Å². The van der Waals surface area contributed by atoms with Crippen LogP contribution in [-0.4, -0.2) is 30.6 Å². The lowest BCUT2D eigenvalue weighted by Gasteiger charge is -2.29. The van der Waals surface area contributed by atoms with E-state index in [1.807, 2.05) is 37.3 Å². The molecule has 0 bridgehead atoms. The number of nitrogens with zero attached hydrogens (tertiary/aromatic N) is 1. The Kier molecular flexibility index (Phi) is 6.11. The molecule has 7 heteroatoms. The summed E-state index contributed by atoms with van der Waals surface area (Å²) in [5.74, 6) is -0.0829. The molecule has 1 aromatic heterocycles. The van der Waals surface area contributed by atoms with Crippen LogP contribution in [0.3, 0.4) is 0 Å². The number of carbonyl (C=O) groups is 1. The summed E-state index contributed by atoms with van der Waals surface area (Å²) in [5, 5.41) is 3.59. The molecule has 2 aromatic rings. The molecule has 3 rings (SSSR count). The van der Waals surface area contributed by atoms with Crippen LogP contribution in [0.5, 0.6) is 0 Å². The van der Waals surface area contributed by atoms with Crippen molar-refractivity contribution in [2.24, 2.45) is 5.92 Å². The average Bonchev–Trinajstić information content (AvgIpc) is 2.67. The van der Waals surface area contributed by atoms with Crippen LogP contribution < -0.4 is 10.0 Å². The quantitative estimate of drug-likeness (QED) is 0.792. The van der Waals surface area contributed by atoms with Gasteiger partial charge in [0, 0.05) is 29.2 Å². The Hall–Kier alpha value is -1.99. The molecule has 0 radical (unpaired) electrons. The number of carbonyl (C=O) groups excluding carboxylic acids is 1. The highest BCUT2D eigenvalue weighted by molar-refractivity contribution is 7.90. The van der Waals surface area contributed by atoms with Gasteiger partial charge in [-0.2, -0.15) is 0 Å². The van der Waals surface area contributed by atoms with Crippen molar-refractivity contribution in [3.05, 3.63) is 36.5 Å². The molecule has 1 aliphatic rings. The number of sulfonamides is 1. The molecule has 1 aliphatic carbocycles. The predicted octanol–water partition coefficient (Wildman–Crippen LogP) is 3.45. The molecule has 6 nitrogen and oxygen atoms in total. The first-order chi connectivity index (χ1) is 12.9. The molecule has 1 fully saturated rings. The SMILES string of the molecule is CCC(C)S(=O)(=O)NC1CCC(C(=O)Nc2ccc3ncccc3c2)CC1. The van der Waals surface area contributed by atoms with Crippen molar-refractivity contribution in [2.75, 3.05) is 5.32 Å². The molecule has 1 heterocycles. The van der Waals surface area contributed by atoms with Crippen molar-refractivity contribution >= 4 is 32.5 Å². The van der Waals surface area contributed by atoms with Gasteiger partial charge < -0.3 is 5.32 Å². The van der Waals surface area contributed by atoms with Gasteiger partial charge in [0.2, 0.25) is 15.9 Å². The van der Waals surface area contributed by atoms with Gasteiger partial charge in [0.25, 0.3) is 0 Å². The van der Waals surface area contributed by atoms with E-state index >= 15 is 0 Å². The van der Waals surface area contributed by atoms with Crippen LogP contribution in [0.4, 0.5) is 5.69 Å². The van der Waals surface area contributed by atoms with Gasteiger partial charge in [0.15, 0.2) is 0 Å². The van der Waals surface area contributed by atoms with Gasteiger partial charge in [-0.3, -0.25) is 9.78 Å². The maximum absolute atomic E-state index is 12.6. The summed E-state index contributed by atoms with van der Waals surface area (Å²) in [5.41, 5.74) is 1.66. The number of hydrogen-bond acceptors (Lipinski definition) is 4. The number of hydrogen-bond donors (Lipinski definition) is 2. The number of aromatic nitrogens is 1. The average molecular weight is 390 g/mol. The number of pyridine rings is 1. The normalized spacial score (nSPS) is 21.7. The summed E-state index contributed by atoms with van der Waals surface area (Å²) >= 11 is 0. The Morgan fingerprint density at radius 2 is 1.96 bits per heavy atom. The van der Waals surface area contributed by atoms with E-state index in [0.29, 0.717) is 32.1 Å². The second-order valence-electron chi connectivity index (χ2n) is 7.33. The highest BCUT2D eigenvalue weighted by atomic mass is 32.2. The van der Waals surface area contributed by atoms with Gasteiger partial charge in [0.05, 0.1) is 10.8 Å². The van der Waals surface area contributed by atoms with E-state index in [-0.39, 0.29) is 23.1 Å². The van der Waals surface area contributed by atoms with Gasteiger partial charge in [-0.05, 0) is 63.3 Å². The van der Waals surface area contributed by atoms with E-state index in [0.717, 1.165) is 16.6 Å². The number of nitrogens with one attached hydrogen (secondary N) is 2. The zero-order valence-electron chi connectivity index (χ0n) is 15.8. The second kappa shape index (κ2) is 8.35. The fourth-order valence-corrected chi connectivity index (χ4v) is 4.81. The van der Waals surface area contributed by atoms with E-state index in [1.54, 1.807) is 13.1 Å². The number of anilines is 1. The Labute approximate surface area is 160 Å². The third kappa shape index (κ3) is 4.84. The number of benzene rings is 1. The first-order valence-electron chi connectivity index (χ1n) is 9.56. The van der Waals surface area contributed by atoms with Crippen molar-refractivity contribution < 1.29 is 13.2 Å². The fourth-order valence-electron chi connectivity index (χ4n) is 3.44. The third-order valence-corrected chi connectivity index (χ3v) is 7.46. The molecule has 0 spiro atoms. The van der Waals surface area contributed by atoms with Crippen LogP contribution in [0.25, 0.3) is 10.9 Å². The molecule has 2 N–H and O–H groups in total. The fraction of sp³-hybridized carbons (Fsp3) is 0.500. The van der Waals surface area contributed by atoms with Gasteiger partial charge >= 0.3 is 0 Å². The number of fused-ring (bicyclic) bond motifs is 1. The monoisotopic (exact) mass is 389 g/mol. The number of amides is 1. The molecule has 0 saturated heterocycles.